The number of benzene rings is 8. The summed E-state index contributed by atoms with van der Waals surface area (Å²) in [6.45, 7) is 0. The van der Waals surface area contributed by atoms with E-state index in [1.807, 2.05) is 36.5 Å². The number of nitrogens with zero attached hydrogens (tertiary/aromatic N) is 6. The fraction of sp³-hybridized carbons (Fsp3) is 0. The zero-order chi connectivity index (χ0) is 39.6. The van der Waals surface area contributed by atoms with Crippen molar-refractivity contribution >= 4 is 54.4 Å². The molecule has 0 aliphatic heterocycles. The van der Waals surface area contributed by atoms with Crippen molar-refractivity contribution in [1.82, 2.24) is 29.1 Å². The molecule has 0 radical (unpaired) electrons. The largest absolute Gasteiger partial charge is 0.309 e. The molecule has 12 rings (SSSR count). The van der Waals surface area contributed by atoms with Gasteiger partial charge in [0, 0.05) is 61.4 Å². The van der Waals surface area contributed by atoms with E-state index in [0.29, 0.717) is 17.5 Å². The van der Waals surface area contributed by atoms with Gasteiger partial charge in [-0.15, -0.1) is 0 Å². The van der Waals surface area contributed by atoms with Gasteiger partial charge < -0.3 is 9.13 Å². The van der Waals surface area contributed by atoms with Crippen molar-refractivity contribution in [3.63, 3.8) is 0 Å². The molecule has 0 atom stereocenters. The predicted octanol–water partition coefficient (Wildman–Crippen LogP) is 13.3. The van der Waals surface area contributed by atoms with Crippen LogP contribution in [0.3, 0.4) is 0 Å². The van der Waals surface area contributed by atoms with Crippen molar-refractivity contribution in [1.29, 1.82) is 0 Å². The molecule has 280 valence electrons. The minimum absolute atomic E-state index is 0.563. The van der Waals surface area contributed by atoms with E-state index in [9.17, 15) is 0 Å². The Morgan fingerprint density at radius 2 is 0.867 bits per heavy atom. The highest BCUT2D eigenvalue weighted by Gasteiger charge is 2.20. The number of fused-ring (bicyclic) bond motifs is 7. The first-order valence-corrected chi connectivity index (χ1v) is 20.1. The Kier molecular flexibility index (Phi) is 7.74. The second-order valence-corrected chi connectivity index (χ2v) is 15.1. The molecule has 6 nitrogen and oxygen atoms in total. The van der Waals surface area contributed by atoms with E-state index in [1.54, 1.807) is 0 Å². The lowest BCUT2D eigenvalue weighted by molar-refractivity contribution is 1.07. The quantitative estimate of drug-likeness (QED) is 0.169. The van der Waals surface area contributed by atoms with E-state index in [1.165, 1.54) is 27.1 Å². The summed E-state index contributed by atoms with van der Waals surface area (Å²) in [7, 11) is 0. The van der Waals surface area contributed by atoms with Crippen LogP contribution in [0.2, 0.25) is 0 Å². The SMILES string of the molecule is c1ccc(-c2ccc(-c3nc(-c4cccc(-n5c6ccccc6c6cc7c8ccccc8n(-c8ccccc8)c7cc65)c4)nc(-c4cccc5ccccc45)n3)cn2)cc1. The predicted molar refractivity (Wildman–Crippen MR) is 246 cm³/mol. The molecule has 0 aliphatic rings. The van der Waals surface area contributed by atoms with Crippen LogP contribution in [0, 0.1) is 0 Å². The summed E-state index contributed by atoms with van der Waals surface area (Å²) in [5.41, 5.74) is 11.3. The Bertz CT molecular complexity index is 3580. The number of rotatable bonds is 6. The minimum atomic E-state index is 0.563. The number of hydrogen-bond donors (Lipinski definition) is 0. The van der Waals surface area contributed by atoms with Crippen LogP contribution >= 0.6 is 0 Å². The smallest absolute Gasteiger partial charge is 0.165 e. The maximum Gasteiger partial charge on any atom is 0.165 e. The normalized spacial score (nSPS) is 11.7. The van der Waals surface area contributed by atoms with Gasteiger partial charge in [-0.05, 0) is 71.4 Å². The van der Waals surface area contributed by atoms with Gasteiger partial charge in [0.2, 0.25) is 0 Å². The highest BCUT2D eigenvalue weighted by molar-refractivity contribution is 6.19. The van der Waals surface area contributed by atoms with Gasteiger partial charge in [-0.1, -0.05) is 140 Å². The van der Waals surface area contributed by atoms with Crippen LogP contribution in [0.1, 0.15) is 0 Å². The van der Waals surface area contributed by atoms with E-state index >= 15 is 0 Å². The molecular weight excluding hydrogens is 733 g/mol. The van der Waals surface area contributed by atoms with Gasteiger partial charge in [0.1, 0.15) is 0 Å². The molecule has 4 aromatic heterocycles. The van der Waals surface area contributed by atoms with Gasteiger partial charge in [0.25, 0.3) is 0 Å². The van der Waals surface area contributed by atoms with Crippen LogP contribution in [-0.2, 0) is 0 Å². The zero-order valence-corrected chi connectivity index (χ0v) is 32.3. The minimum Gasteiger partial charge on any atom is -0.309 e. The second kappa shape index (κ2) is 13.7. The lowest BCUT2D eigenvalue weighted by Gasteiger charge is -2.13. The molecule has 6 heteroatoms. The second-order valence-electron chi connectivity index (χ2n) is 15.1. The summed E-state index contributed by atoms with van der Waals surface area (Å²) in [5, 5.41) is 7.06. The fourth-order valence-corrected chi connectivity index (χ4v) is 8.83. The van der Waals surface area contributed by atoms with E-state index in [0.717, 1.165) is 66.6 Å². The standard InChI is InChI=1S/C54H34N6/c1-3-16-36(17-4-1)47-30-29-38(34-55-47)53-56-52(57-54(58-53)44-26-14-18-35-15-7-8-23-41(35)44)37-19-13-22-40(31-37)60-49-28-12-10-25-43(49)46-32-45-42-24-9-11-27-48(42)59(50(45)33-51(46)60)39-20-5-2-6-21-39/h1-34H. The third-order valence-corrected chi connectivity index (χ3v) is 11.6. The Hall–Kier alpha value is -8.22. The molecule has 0 aliphatic carbocycles. The van der Waals surface area contributed by atoms with Crippen LogP contribution in [0.5, 0.6) is 0 Å². The van der Waals surface area contributed by atoms with E-state index in [-0.39, 0.29) is 0 Å². The Morgan fingerprint density at radius 3 is 1.58 bits per heavy atom. The average Bonchev–Trinajstić information content (AvgIpc) is 3.83. The molecule has 0 fully saturated rings. The lowest BCUT2D eigenvalue weighted by atomic mass is 10.0. The molecule has 0 unspecified atom stereocenters. The third kappa shape index (κ3) is 5.50. The summed E-state index contributed by atoms with van der Waals surface area (Å²) >= 11 is 0. The monoisotopic (exact) mass is 766 g/mol. The molecule has 8 aromatic carbocycles. The molecule has 0 bridgehead atoms. The Balaban J connectivity index is 1.06. The lowest BCUT2D eigenvalue weighted by Crippen LogP contribution is -2.02. The van der Waals surface area contributed by atoms with Crippen LogP contribution in [0.25, 0.3) is 111 Å². The fourth-order valence-electron chi connectivity index (χ4n) is 8.83. The summed E-state index contributed by atoms with van der Waals surface area (Å²) in [4.78, 5) is 20.3. The highest BCUT2D eigenvalue weighted by Crippen LogP contribution is 2.40. The summed E-state index contributed by atoms with van der Waals surface area (Å²) in [6.07, 6.45) is 1.86. The zero-order valence-electron chi connectivity index (χ0n) is 32.3. The molecule has 0 saturated heterocycles. The van der Waals surface area contributed by atoms with Crippen molar-refractivity contribution in [2.75, 3.05) is 0 Å². The van der Waals surface area contributed by atoms with Gasteiger partial charge in [-0.3, -0.25) is 4.98 Å². The van der Waals surface area contributed by atoms with Gasteiger partial charge in [0.05, 0.1) is 27.8 Å². The van der Waals surface area contributed by atoms with E-state index < -0.39 is 0 Å². The molecule has 60 heavy (non-hydrogen) atoms. The van der Waals surface area contributed by atoms with E-state index in [2.05, 4.69) is 179 Å². The number of para-hydroxylation sites is 3. The molecule has 0 spiro atoms. The topological polar surface area (TPSA) is 61.4 Å². The molecule has 0 N–H and O–H groups in total. The first kappa shape index (κ1) is 33.9. The number of aromatic nitrogens is 6. The maximum atomic E-state index is 5.22. The van der Waals surface area contributed by atoms with Crippen LogP contribution in [0.4, 0.5) is 0 Å². The van der Waals surface area contributed by atoms with Crippen LogP contribution in [-0.4, -0.2) is 29.1 Å². The van der Waals surface area contributed by atoms with Crippen molar-refractivity contribution in [2.24, 2.45) is 0 Å². The summed E-state index contributed by atoms with van der Waals surface area (Å²) in [5.74, 6) is 1.76. The Labute approximate surface area is 345 Å². The summed E-state index contributed by atoms with van der Waals surface area (Å²) in [6, 6.07) is 70.2. The Morgan fingerprint density at radius 1 is 0.317 bits per heavy atom. The van der Waals surface area contributed by atoms with Crippen molar-refractivity contribution in [3.05, 3.63) is 206 Å². The van der Waals surface area contributed by atoms with Crippen molar-refractivity contribution in [3.8, 4) is 56.8 Å². The molecule has 0 saturated carbocycles. The molecule has 4 heterocycles. The van der Waals surface area contributed by atoms with Gasteiger partial charge in [-0.25, -0.2) is 15.0 Å². The van der Waals surface area contributed by atoms with Crippen LogP contribution in [0.15, 0.2) is 206 Å². The highest BCUT2D eigenvalue weighted by atomic mass is 15.0. The van der Waals surface area contributed by atoms with Crippen molar-refractivity contribution < 1.29 is 0 Å². The first-order chi connectivity index (χ1) is 29.7. The average molecular weight is 767 g/mol. The third-order valence-electron chi connectivity index (χ3n) is 11.6. The molecule has 0 amide bonds. The van der Waals surface area contributed by atoms with E-state index in [4.69, 9.17) is 19.9 Å². The summed E-state index contributed by atoms with van der Waals surface area (Å²) < 4.78 is 4.76. The molecular formula is C54H34N6. The van der Waals surface area contributed by atoms with Gasteiger partial charge in [0.15, 0.2) is 17.5 Å². The van der Waals surface area contributed by atoms with Crippen molar-refractivity contribution in [2.45, 2.75) is 0 Å². The maximum absolute atomic E-state index is 5.22. The number of hydrogen-bond acceptors (Lipinski definition) is 4. The number of pyridine rings is 1. The van der Waals surface area contributed by atoms with Gasteiger partial charge in [-0.2, -0.15) is 0 Å². The van der Waals surface area contributed by atoms with Gasteiger partial charge >= 0.3 is 0 Å². The first-order valence-electron chi connectivity index (χ1n) is 20.1. The van der Waals surface area contributed by atoms with Crippen LogP contribution < -0.4 is 0 Å². The molecule has 12 aromatic rings.